The molecule has 0 radical (unpaired) electrons. The van der Waals surface area contributed by atoms with Crippen molar-refractivity contribution in [2.45, 2.75) is 38.3 Å². The SMILES string of the molecule is Cc1n[nH]c2ccc(-c3nnc(NCC(Cc4cccc(C(F)(F)F)c4)NCc4ccc(OC(=O)C(F)(F)F)cc4)s3)cc12. The highest BCUT2D eigenvalue weighted by Crippen LogP contribution is 2.31. The summed E-state index contributed by atoms with van der Waals surface area (Å²) >= 11 is 1.32. The number of halogens is 6. The molecule has 2 aromatic heterocycles. The molecule has 0 saturated heterocycles. The largest absolute Gasteiger partial charge is 0.491 e. The van der Waals surface area contributed by atoms with Gasteiger partial charge in [-0.15, -0.1) is 10.2 Å². The molecule has 2 heterocycles. The molecular formula is C29H24F6N6O2S. The van der Waals surface area contributed by atoms with E-state index in [2.05, 4.69) is 35.8 Å². The van der Waals surface area contributed by atoms with Crippen LogP contribution in [0.15, 0.2) is 66.7 Å². The zero-order valence-electron chi connectivity index (χ0n) is 22.9. The second kappa shape index (κ2) is 12.6. The van der Waals surface area contributed by atoms with Crippen LogP contribution in [-0.4, -0.2) is 45.1 Å². The Morgan fingerprint density at radius 3 is 2.48 bits per heavy atom. The van der Waals surface area contributed by atoms with Gasteiger partial charge in [0.05, 0.1) is 16.8 Å². The number of aromatic nitrogens is 4. The molecule has 3 aromatic carbocycles. The lowest BCUT2D eigenvalue weighted by Gasteiger charge is -2.20. The average molecular weight is 635 g/mol. The van der Waals surface area contributed by atoms with E-state index in [-0.39, 0.29) is 25.3 Å². The Bertz CT molecular complexity index is 1750. The van der Waals surface area contributed by atoms with Crippen molar-refractivity contribution in [3.8, 4) is 16.3 Å². The molecule has 0 saturated carbocycles. The maximum absolute atomic E-state index is 13.3. The van der Waals surface area contributed by atoms with E-state index in [1.54, 1.807) is 6.07 Å². The van der Waals surface area contributed by atoms with Crippen LogP contribution in [0.5, 0.6) is 5.75 Å². The number of aromatic amines is 1. The summed E-state index contributed by atoms with van der Waals surface area (Å²) < 4.78 is 81.7. The molecule has 0 amide bonds. The molecule has 5 aromatic rings. The number of rotatable bonds is 10. The molecule has 0 aliphatic rings. The topological polar surface area (TPSA) is 105 Å². The summed E-state index contributed by atoms with van der Waals surface area (Å²) in [4.78, 5) is 11.1. The van der Waals surface area contributed by atoms with E-state index in [9.17, 15) is 31.1 Å². The number of carbonyl (C=O) groups is 1. The number of nitrogens with zero attached hydrogens (tertiary/aromatic N) is 3. The Balaban J connectivity index is 1.28. The number of nitrogens with one attached hydrogen (secondary N) is 3. The average Bonchev–Trinajstić information content (AvgIpc) is 3.61. The van der Waals surface area contributed by atoms with Gasteiger partial charge in [-0.3, -0.25) is 5.10 Å². The lowest BCUT2D eigenvalue weighted by atomic mass is 10.0. The summed E-state index contributed by atoms with van der Waals surface area (Å²) in [6, 6.07) is 15.8. The number of esters is 1. The Morgan fingerprint density at radius 2 is 1.75 bits per heavy atom. The quantitative estimate of drug-likeness (QED) is 0.0894. The van der Waals surface area contributed by atoms with Crippen molar-refractivity contribution in [3.05, 3.63) is 89.1 Å². The fourth-order valence-corrected chi connectivity index (χ4v) is 5.13. The van der Waals surface area contributed by atoms with Crippen molar-refractivity contribution in [2.24, 2.45) is 0 Å². The number of hydrogen-bond donors (Lipinski definition) is 3. The van der Waals surface area contributed by atoms with Gasteiger partial charge in [-0.05, 0) is 60.9 Å². The molecule has 3 N–H and O–H groups in total. The van der Waals surface area contributed by atoms with Gasteiger partial charge in [-0.2, -0.15) is 31.4 Å². The van der Waals surface area contributed by atoms with Gasteiger partial charge in [0.25, 0.3) is 0 Å². The highest BCUT2D eigenvalue weighted by atomic mass is 32.1. The van der Waals surface area contributed by atoms with Crippen molar-refractivity contribution < 1.29 is 35.9 Å². The monoisotopic (exact) mass is 634 g/mol. The summed E-state index contributed by atoms with van der Waals surface area (Å²) in [5, 5.41) is 24.3. The molecule has 5 rings (SSSR count). The van der Waals surface area contributed by atoms with E-state index in [1.165, 1.54) is 41.7 Å². The number of alkyl halides is 6. The first-order chi connectivity index (χ1) is 20.8. The van der Waals surface area contributed by atoms with E-state index in [0.29, 0.717) is 21.3 Å². The third-order valence-corrected chi connectivity index (χ3v) is 7.55. The number of aryl methyl sites for hydroxylation is 1. The molecule has 44 heavy (non-hydrogen) atoms. The van der Waals surface area contributed by atoms with Crippen molar-refractivity contribution in [3.63, 3.8) is 0 Å². The van der Waals surface area contributed by atoms with E-state index < -0.39 is 29.9 Å². The van der Waals surface area contributed by atoms with Crippen LogP contribution < -0.4 is 15.4 Å². The van der Waals surface area contributed by atoms with Crippen LogP contribution >= 0.6 is 11.3 Å². The van der Waals surface area contributed by atoms with Crippen LogP contribution in [0.3, 0.4) is 0 Å². The summed E-state index contributed by atoms with van der Waals surface area (Å²) in [6.07, 6.45) is -9.39. The number of benzene rings is 3. The van der Waals surface area contributed by atoms with Crippen LogP contribution in [0.2, 0.25) is 0 Å². The number of fused-ring (bicyclic) bond motifs is 1. The van der Waals surface area contributed by atoms with Crippen molar-refractivity contribution >= 4 is 33.3 Å². The van der Waals surface area contributed by atoms with Crippen molar-refractivity contribution in [1.29, 1.82) is 0 Å². The molecule has 1 unspecified atom stereocenters. The zero-order chi connectivity index (χ0) is 31.5. The predicted molar refractivity (Wildman–Crippen MR) is 152 cm³/mol. The normalized spacial score (nSPS) is 12.8. The molecule has 230 valence electrons. The lowest BCUT2D eigenvalue weighted by Crippen LogP contribution is -2.37. The number of anilines is 1. The van der Waals surface area contributed by atoms with Crippen LogP contribution in [0, 0.1) is 6.92 Å². The van der Waals surface area contributed by atoms with Gasteiger partial charge in [-0.25, -0.2) is 4.79 Å². The van der Waals surface area contributed by atoms with Crippen LogP contribution in [-0.2, 0) is 23.9 Å². The Morgan fingerprint density at radius 1 is 0.977 bits per heavy atom. The van der Waals surface area contributed by atoms with Crippen LogP contribution in [0.4, 0.5) is 31.5 Å². The summed E-state index contributed by atoms with van der Waals surface area (Å²) in [7, 11) is 0. The zero-order valence-corrected chi connectivity index (χ0v) is 23.7. The van der Waals surface area contributed by atoms with Crippen LogP contribution in [0.25, 0.3) is 21.5 Å². The van der Waals surface area contributed by atoms with E-state index in [4.69, 9.17) is 0 Å². The number of hydrogen-bond acceptors (Lipinski definition) is 8. The standard InChI is InChI=1S/C29H24F6N6O2S/c1-16-23-13-19(7-10-24(23)39-38-16)25-40-41-27(44-25)37-15-21(12-18-3-2-4-20(11-18)28(30,31)32)36-14-17-5-8-22(9-6-17)43-26(42)29(33,34)35/h2-11,13,21,36H,12,14-15H2,1H3,(H,37,41)(H,38,39). The van der Waals surface area contributed by atoms with E-state index in [1.807, 2.05) is 25.1 Å². The highest BCUT2D eigenvalue weighted by molar-refractivity contribution is 7.18. The fraction of sp³-hybridized carbons (Fsp3) is 0.241. The van der Waals surface area contributed by atoms with Gasteiger partial charge in [0.2, 0.25) is 5.13 Å². The maximum Gasteiger partial charge on any atom is 0.491 e. The number of ether oxygens (including phenoxy) is 1. The van der Waals surface area contributed by atoms with Gasteiger partial charge < -0.3 is 15.4 Å². The Kier molecular flexibility index (Phi) is 8.87. The first-order valence-corrected chi connectivity index (χ1v) is 14.0. The predicted octanol–water partition coefficient (Wildman–Crippen LogP) is 6.69. The van der Waals surface area contributed by atoms with Gasteiger partial charge in [0.15, 0.2) is 0 Å². The second-order valence-electron chi connectivity index (χ2n) is 9.87. The molecule has 8 nitrogen and oxygen atoms in total. The first-order valence-electron chi connectivity index (χ1n) is 13.1. The molecular weight excluding hydrogens is 610 g/mol. The smallest absolute Gasteiger partial charge is 0.420 e. The van der Waals surface area contributed by atoms with Gasteiger partial charge in [-0.1, -0.05) is 41.7 Å². The number of H-pyrrole nitrogens is 1. The first kappa shape index (κ1) is 30.9. The summed E-state index contributed by atoms with van der Waals surface area (Å²) in [6.45, 7) is 2.39. The second-order valence-corrected chi connectivity index (χ2v) is 10.9. The third-order valence-electron chi connectivity index (χ3n) is 6.62. The molecule has 0 fully saturated rings. The van der Waals surface area contributed by atoms with Gasteiger partial charge in [0, 0.05) is 30.1 Å². The number of carbonyl (C=O) groups excluding carboxylic acids is 1. The summed E-state index contributed by atoms with van der Waals surface area (Å²) in [5.41, 5.74) is 2.95. The van der Waals surface area contributed by atoms with Crippen LogP contribution in [0.1, 0.15) is 22.4 Å². The molecule has 0 aliphatic heterocycles. The van der Waals surface area contributed by atoms with E-state index in [0.717, 1.165) is 34.3 Å². The minimum atomic E-state index is -5.12. The van der Waals surface area contributed by atoms with Crippen molar-refractivity contribution in [1.82, 2.24) is 25.7 Å². The molecule has 0 aliphatic carbocycles. The molecule has 1 atom stereocenters. The lowest BCUT2D eigenvalue weighted by molar-refractivity contribution is -0.189. The maximum atomic E-state index is 13.3. The fourth-order valence-electron chi connectivity index (χ4n) is 4.38. The summed E-state index contributed by atoms with van der Waals surface area (Å²) in [5.74, 6) is -2.60. The van der Waals surface area contributed by atoms with Gasteiger partial charge >= 0.3 is 18.3 Å². The Labute approximate surface area is 250 Å². The minimum Gasteiger partial charge on any atom is -0.420 e. The Hall–Kier alpha value is -4.50. The van der Waals surface area contributed by atoms with E-state index >= 15 is 0 Å². The minimum absolute atomic E-state index is 0.223. The van der Waals surface area contributed by atoms with Crippen molar-refractivity contribution in [2.75, 3.05) is 11.9 Å². The third kappa shape index (κ3) is 7.71. The highest BCUT2D eigenvalue weighted by Gasteiger charge is 2.41. The molecule has 15 heteroatoms. The van der Waals surface area contributed by atoms with Gasteiger partial charge in [0.1, 0.15) is 10.8 Å². The molecule has 0 bridgehead atoms. The molecule has 0 spiro atoms.